The number of fused-ring (bicyclic) bond motifs is 3. The number of nitrogens with zero attached hydrogens (tertiary/aromatic N) is 5. The zero-order valence-corrected chi connectivity index (χ0v) is 19.2. The third kappa shape index (κ3) is 3.53. The van der Waals surface area contributed by atoms with Crippen LogP contribution in [0.15, 0.2) is 66.9 Å². The Labute approximate surface area is 198 Å². The van der Waals surface area contributed by atoms with E-state index in [2.05, 4.69) is 56.9 Å². The van der Waals surface area contributed by atoms with Gasteiger partial charge in [-0.05, 0) is 29.1 Å². The second-order valence-corrected chi connectivity index (χ2v) is 9.28. The number of pyridine rings is 1. The minimum Gasteiger partial charge on any atom is -0.346 e. The van der Waals surface area contributed by atoms with E-state index in [-0.39, 0.29) is 18.4 Å². The lowest BCUT2D eigenvalue weighted by atomic mass is 10.0. The Morgan fingerprint density at radius 2 is 1.76 bits per heavy atom. The van der Waals surface area contributed by atoms with Gasteiger partial charge in [-0.3, -0.25) is 19.5 Å². The number of rotatable bonds is 4. The number of carbonyl (C=O) groups is 2. The fourth-order valence-electron chi connectivity index (χ4n) is 5.40. The Morgan fingerprint density at radius 3 is 2.65 bits per heavy atom. The number of para-hydroxylation sites is 2. The monoisotopic (exact) mass is 453 g/mol. The van der Waals surface area contributed by atoms with Crippen LogP contribution in [0.25, 0.3) is 21.8 Å². The zero-order valence-electron chi connectivity index (χ0n) is 19.2. The minimum atomic E-state index is -0.437. The summed E-state index contributed by atoms with van der Waals surface area (Å²) in [7, 11) is 2.01. The number of amides is 2. The van der Waals surface area contributed by atoms with E-state index in [1.807, 2.05) is 31.4 Å². The molecule has 172 valence electrons. The van der Waals surface area contributed by atoms with Crippen LogP contribution in [0.5, 0.6) is 0 Å². The van der Waals surface area contributed by atoms with Gasteiger partial charge in [-0.1, -0.05) is 42.5 Å². The van der Waals surface area contributed by atoms with E-state index in [0.29, 0.717) is 26.2 Å². The third-order valence-electron chi connectivity index (χ3n) is 7.22. The highest BCUT2D eigenvalue weighted by molar-refractivity contribution is 5.95. The molecule has 2 fully saturated rings. The lowest BCUT2D eigenvalue weighted by Gasteiger charge is -2.46. The summed E-state index contributed by atoms with van der Waals surface area (Å²) < 4.78 is 2.11. The Balaban J connectivity index is 1.22. The maximum absolute atomic E-state index is 13.5. The molecule has 2 aromatic heterocycles. The van der Waals surface area contributed by atoms with Crippen molar-refractivity contribution in [2.75, 3.05) is 26.2 Å². The maximum atomic E-state index is 13.5. The number of piperazine rings is 2. The molecule has 0 spiro atoms. The van der Waals surface area contributed by atoms with Gasteiger partial charge < -0.3 is 14.4 Å². The predicted octanol–water partition coefficient (Wildman–Crippen LogP) is 2.78. The quantitative estimate of drug-likeness (QED) is 0.477. The van der Waals surface area contributed by atoms with Gasteiger partial charge in [-0.15, -0.1) is 0 Å². The van der Waals surface area contributed by atoms with Crippen molar-refractivity contribution >= 4 is 33.6 Å². The van der Waals surface area contributed by atoms with Crippen molar-refractivity contribution in [2.24, 2.45) is 7.05 Å². The van der Waals surface area contributed by atoms with Gasteiger partial charge in [0.15, 0.2) is 0 Å². The van der Waals surface area contributed by atoms with Crippen LogP contribution >= 0.6 is 0 Å². The number of carbonyl (C=O) groups excluding carboxylic acids is 2. The maximum Gasteiger partial charge on any atom is 0.247 e. The highest BCUT2D eigenvalue weighted by atomic mass is 16.2. The molecule has 0 bridgehead atoms. The first-order valence-electron chi connectivity index (χ1n) is 11.7. The molecule has 6 rings (SSSR count). The molecule has 7 heteroatoms. The second-order valence-electron chi connectivity index (χ2n) is 9.28. The lowest BCUT2D eigenvalue weighted by Crippen LogP contribution is -2.66. The first kappa shape index (κ1) is 20.9. The van der Waals surface area contributed by atoms with Crippen molar-refractivity contribution in [3.63, 3.8) is 0 Å². The Kier molecular flexibility index (Phi) is 5.07. The fourth-order valence-corrected chi connectivity index (χ4v) is 5.40. The van der Waals surface area contributed by atoms with E-state index >= 15 is 0 Å². The van der Waals surface area contributed by atoms with E-state index in [1.54, 1.807) is 9.80 Å². The zero-order chi connectivity index (χ0) is 23.2. The summed E-state index contributed by atoms with van der Waals surface area (Å²) in [5.74, 6) is 0.0699. The summed E-state index contributed by atoms with van der Waals surface area (Å²) in [4.78, 5) is 36.8. The van der Waals surface area contributed by atoms with Gasteiger partial charge in [-0.2, -0.15) is 0 Å². The van der Waals surface area contributed by atoms with Crippen LogP contribution in [0.4, 0.5) is 0 Å². The van der Waals surface area contributed by atoms with Crippen molar-refractivity contribution in [1.29, 1.82) is 0 Å². The second kappa shape index (κ2) is 8.25. The van der Waals surface area contributed by atoms with Crippen molar-refractivity contribution in [2.45, 2.75) is 19.1 Å². The molecule has 2 aliphatic rings. The molecule has 2 aliphatic heterocycles. The predicted molar refractivity (Wildman–Crippen MR) is 131 cm³/mol. The first-order chi connectivity index (χ1) is 16.6. The van der Waals surface area contributed by atoms with Crippen LogP contribution in [0, 0.1) is 0 Å². The Morgan fingerprint density at radius 1 is 0.941 bits per heavy atom. The summed E-state index contributed by atoms with van der Waals surface area (Å²) in [6.07, 6.45) is 1.82. The van der Waals surface area contributed by atoms with Gasteiger partial charge in [-0.25, -0.2) is 0 Å². The van der Waals surface area contributed by atoms with Gasteiger partial charge in [0.2, 0.25) is 11.8 Å². The van der Waals surface area contributed by atoms with Crippen molar-refractivity contribution < 1.29 is 9.59 Å². The normalized spacial score (nSPS) is 19.3. The molecule has 0 radical (unpaired) electrons. The average molecular weight is 454 g/mol. The first-order valence-corrected chi connectivity index (χ1v) is 11.7. The number of hydrogen-bond donors (Lipinski definition) is 0. The number of aryl methyl sites for hydroxylation is 1. The minimum absolute atomic E-state index is 0.0330. The van der Waals surface area contributed by atoms with Crippen LogP contribution in [0.2, 0.25) is 0 Å². The molecule has 1 atom stereocenters. The fraction of sp³-hybridized carbons (Fsp3) is 0.296. The smallest absolute Gasteiger partial charge is 0.247 e. The summed E-state index contributed by atoms with van der Waals surface area (Å²) >= 11 is 0. The Hall–Kier alpha value is -3.71. The summed E-state index contributed by atoms with van der Waals surface area (Å²) in [5.41, 5.74) is 4.30. The number of benzene rings is 2. The molecule has 0 aliphatic carbocycles. The largest absolute Gasteiger partial charge is 0.346 e. The van der Waals surface area contributed by atoms with Gasteiger partial charge in [0.05, 0.1) is 12.1 Å². The third-order valence-corrected chi connectivity index (χ3v) is 7.22. The lowest BCUT2D eigenvalue weighted by molar-refractivity contribution is -0.160. The molecule has 1 unspecified atom stereocenters. The molecule has 4 aromatic rings. The average Bonchev–Trinajstić information content (AvgIpc) is 3.18. The SMILES string of the molecule is Cn1c(CN2CC(=O)N3CCN(Cc4cccc5cccnc45)CC3C2=O)cc2ccccc21. The van der Waals surface area contributed by atoms with Crippen LogP contribution in [0.3, 0.4) is 0 Å². The highest BCUT2D eigenvalue weighted by Gasteiger charge is 2.42. The molecule has 2 saturated heterocycles. The molecule has 0 saturated carbocycles. The van der Waals surface area contributed by atoms with Crippen LogP contribution in [-0.4, -0.2) is 68.3 Å². The standard InChI is InChI=1S/C27H27N5O2/c1-29-22(14-20-6-2-3-10-23(20)29)16-31-18-25(33)32-13-12-30(17-24(32)27(31)34)15-21-8-4-7-19-9-5-11-28-26(19)21/h2-11,14,24H,12-13,15-18H2,1H3. The summed E-state index contributed by atoms with van der Waals surface area (Å²) in [6.45, 7) is 3.16. The van der Waals surface area contributed by atoms with E-state index < -0.39 is 6.04 Å². The van der Waals surface area contributed by atoms with E-state index in [1.165, 1.54) is 0 Å². The molecule has 7 nitrogen and oxygen atoms in total. The van der Waals surface area contributed by atoms with Crippen molar-refractivity contribution in [3.8, 4) is 0 Å². The molecule has 2 aromatic carbocycles. The molecule has 34 heavy (non-hydrogen) atoms. The van der Waals surface area contributed by atoms with Crippen molar-refractivity contribution in [1.82, 2.24) is 24.3 Å². The van der Waals surface area contributed by atoms with E-state index in [4.69, 9.17) is 0 Å². The number of hydrogen-bond acceptors (Lipinski definition) is 4. The van der Waals surface area contributed by atoms with E-state index in [9.17, 15) is 9.59 Å². The van der Waals surface area contributed by atoms with Crippen molar-refractivity contribution in [3.05, 3.63) is 78.1 Å². The number of aromatic nitrogens is 2. The van der Waals surface area contributed by atoms with Gasteiger partial charge >= 0.3 is 0 Å². The van der Waals surface area contributed by atoms with Crippen LogP contribution in [0.1, 0.15) is 11.3 Å². The van der Waals surface area contributed by atoms with Crippen LogP contribution < -0.4 is 0 Å². The molecule has 0 N–H and O–H groups in total. The molecule has 2 amide bonds. The highest BCUT2D eigenvalue weighted by Crippen LogP contribution is 2.25. The van der Waals surface area contributed by atoms with E-state index in [0.717, 1.165) is 39.6 Å². The molecule has 4 heterocycles. The molecular weight excluding hydrogens is 426 g/mol. The van der Waals surface area contributed by atoms with Gasteiger partial charge in [0.25, 0.3) is 0 Å². The van der Waals surface area contributed by atoms with Gasteiger partial charge in [0.1, 0.15) is 12.6 Å². The van der Waals surface area contributed by atoms with Crippen LogP contribution in [-0.2, 0) is 29.7 Å². The summed E-state index contributed by atoms with van der Waals surface area (Å²) in [6, 6.07) is 20.1. The Bertz CT molecular complexity index is 1410. The topological polar surface area (TPSA) is 61.7 Å². The van der Waals surface area contributed by atoms with Gasteiger partial charge in [0, 0.05) is 56.0 Å². The molecular formula is C27H27N5O2. The summed E-state index contributed by atoms with van der Waals surface area (Å²) in [5, 5.41) is 2.26.